The second-order valence-electron chi connectivity index (χ2n) is 7.41. The SMILES string of the molecule is CC(=O)[O-].CC(=O)[O-].[Fe+2].c1cnc2c(c1)ccc1cccnc12.c1cnc2c(c1)ccc1cccnc12. The molecule has 0 N–H and O–H groups in total. The quantitative estimate of drug-likeness (QED) is 0.215. The van der Waals surface area contributed by atoms with Crippen molar-refractivity contribution >= 4 is 55.6 Å². The minimum absolute atomic E-state index is 0. The zero-order valence-corrected chi connectivity index (χ0v) is 21.1. The molecule has 0 saturated carbocycles. The van der Waals surface area contributed by atoms with Gasteiger partial charge in [-0.1, -0.05) is 48.5 Å². The van der Waals surface area contributed by atoms with Crippen molar-refractivity contribution in [3.8, 4) is 0 Å². The number of hydrogen-bond donors (Lipinski definition) is 0. The first-order valence-corrected chi connectivity index (χ1v) is 10.9. The molecule has 0 spiro atoms. The molecular formula is C28H22FeN4O4. The molecular weight excluding hydrogens is 512 g/mol. The smallest absolute Gasteiger partial charge is 0.550 e. The molecule has 0 radical (unpaired) electrons. The Bertz CT molecular complexity index is 1400. The standard InChI is InChI=1S/2C12H8N2.2C2H4O2.Fe/c2*1-3-9-5-6-10-4-2-8-14-12(10)11(9)13-7-1;2*1-2(3)4;/h2*1-8H;2*1H3,(H,3,4);/q;;;;+2/p-2. The molecule has 9 heteroatoms. The number of carboxylic acids is 2. The molecule has 6 rings (SSSR count). The van der Waals surface area contributed by atoms with E-state index in [2.05, 4.69) is 68.5 Å². The van der Waals surface area contributed by atoms with Gasteiger partial charge in [0.1, 0.15) is 0 Å². The first kappa shape index (κ1) is 28.8. The monoisotopic (exact) mass is 534 g/mol. The molecule has 8 nitrogen and oxygen atoms in total. The van der Waals surface area contributed by atoms with Gasteiger partial charge in [-0.05, 0) is 38.1 Å². The molecule has 37 heavy (non-hydrogen) atoms. The van der Waals surface area contributed by atoms with Gasteiger partial charge >= 0.3 is 17.1 Å². The van der Waals surface area contributed by atoms with Crippen molar-refractivity contribution in [3.63, 3.8) is 0 Å². The van der Waals surface area contributed by atoms with Crippen LogP contribution in [0.25, 0.3) is 43.6 Å². The Morgan fingerprint density at radius 3 is 0.865 bits per heavy atom. The fraction of sp³-hybridized carbons (Fsp3) is 0.0714. The van der Waals surface area contributed by atoms with Crippen molar-refractivity contribution in [1.82, 2.24) is 19.9 Å². The third-order valence-corrected chi connectivity index (χ3v) is 4.69. The average molecular weight is 534 g/mol. The minimum atomic E-state index is -1.08. The summed E-state index contributed by atoms with van der Waals surface area (Å²) in [6.07, 6.45) is 7.21. The van der Waals surface area contributed by atoms with Crippen LogP contribution in [0.1, 0.15) is 13.8 Å². The van der Waals surface area contributed by atoms with Gasteiger partial charge in [0.05, 0.1) is 22.1 Å². The Morgan fingerprint density at radius 1 is 0.486 bits per heavy atom. The van der Waals surface area contributed by atoms with E-state index >= 15 is 0 Å². The second-order valence-corrected chi connectivity index (χ2v) is 7.41. The summed E-state index contributed by atoms with van der Waals surface area (Å²) in [4.78, 5) is 35.2. The van der Waals surface area contributed by atoms with Crippen molar-refractivity contribution in [2.24, 2.45) is 0 Å². The molecule has 0 fully saturated rings. The van der Waals surface area contributed by atoms with Gasteiger partial charge in [0.25, 0.3) is 0 Å². The summed E-state index contributed by atoms with van der Waals surface area (Å²) < 4.78 is 0. The van der Waals surface area contributed by atoms with E-state index in [0.717, 1.165) is 57.5 Å². The summed E-state index contributed by atoms with van der Waals surface area (Å²) in [5.74, 6) is -2.17. The Labute approximate surface area is 223 Å². The number of nitrogens with zero attached hydrogens (tertiary/aromatic N) is 4. The van der Waals surface area contributed by atoms with Crippen molar-refractivity contribution in [2.75, 3.05) is 0 Å². The molecule has 186 valence electrons. The Hall–Kier alpha value is -4.46. The summed E-state index contributed by atoms with van der Waals surface area (Å²) in [7, 11) is 0. The first-order valence-electron chi connectivity index (χ1n) is 10.9. The maximum Gasteiger partial charge on any atom is 2.00 e. The van der Waals surface area contributed by atoms with Crippen molar-refractivity contribution in [2.45, 2.75) is 13.8 Å². The predicted octanol–water partition coefficient (Wildman–Crippen LogP) is 3.08. The number of carboxylic acid groups (broad SMARTS) is 2. The Morgan fingerprint density at radius 2 is 0.676 bits per heavy atom. The van der Waals surface area contributed by atoms with Crippen LogP contribution in [0, 0.1) is 0 Å². The van der Waals surface area contributed by atoms with Crippen LogP contribution in [-0.4, -0.2) is 31.9 Å². The summed E-state index contributed by atoms with van der Waals surface area (Å²) in [5, 5.41) is 22.3. The first-order chi connectivity index (χ1) is 17.4. The third kappa shape index (κ3) is 8.31. The summed E-state index contributed by atoms with van der Waals surface area (Å²) in [6.45, 7) is 1.94. The molecule has 0 aliphatic heterocycles. The molecule has 0 aliphatic rings. The van der Waals surface area contributed by atoms with Gasteiger partial charge in [-0.15, -0.1) is 0 Å². The molecule has 0 saturated heterocycles. The van der Waals surface area contributed by atoms with Gasteiger partial charge < -0.3 is 19.8 Å². The number of rotatable bonds is 0. The van der Waals surface area contributed by atoms with Crippen LogP contribution in [0.2, 0.25) is 0 Å². The van der Waals surface area contributed by atoms with E-state index in [4.69, 9.17) is 19.8 Å². The largest absolute Gasteiger partial charge is 2.00 e. The van der Waals surface area contributed by atoms with E-state index in [1.165, 1.54) is 0 Å². The van der Waals surface area contributed by atoms with E-state index in [9.17, 15) is 0 Å². The van der Waals surface area contributed by atoms with E-state index in [-0.39, 0.29) is 17.1 Å². The van der Waals surface area contributed by atoms with Crippen LogP contribution in [0.3, 0.4) is 0 Å². The van der Waals surface area contributed by atoms with Crippen LogP contribution < -0.4 is 10.2 Å². The van der Waals surface area contributed by atoms with Crippen molar-refractivity contribution < 1.29 is 36.9 Å². The van der Waals surface area contributed by atoms with Crippen LogP contribution in [0.5, 0.6) is 0 Å². The minimum Gasteiger partial charge on any atom is -0.550 e. The van der Waals surface area contributed by atoms with Crippen LogP contribution in [0.15, 0.2) is 97.6 Å². The fourth-order valence-electron chi connectivity index (χ4n) is 3.36. The third-order valence-electron chi connectivity index (χ3n) is 4.69. The van der Waals surface area contributed by atoms with E-state index < -0.39 is 11.9 Å². The molecule has 2 aromatic carbocycles. The topological polar surface area (TPSA) is 132 Å². The van der Waals surface area contributed by atoms with Gasteiger partial charge in [0.2, 0.25) is 0 Å². The number of hydrogen-bond acceptors (Lipinski definition) is 8. The maximum absolute atomic E-state index is 8.89. The Balaban J connectivity index is 0.000000199. The maximum atomic E-state index is 8.89. The summed E-state index contributed by atoms with van der Waals surface area (Å²) in [5.41, 5.74) is 3.91. The molecule has 4 heterocycles. The van der Waals surface area contributed by atoms with Crippen molar-refractivity contribution in [1.29, 1.82) is 0 Å². The van der Waals surface area contributed by atoms with Gasteiger partial charge in [0, 0.05) is 58.3 Å². The van der Waals surface area contributed by atoms with E-state index in [1.807, 2.05) is 24.3 Å². The summed E-state index contributed by atoms with van der Waals surface area (Å²) in [6, 6.07) is 24.3. The molecule has 4 aromatic heterocycles. The van der Waals surface area contributed by atoms with Crippen molar-refractivity contribution in [3.05, 3.63) is 97.6 Å². The van der Waals surface area contributed by atoms with E-state index in [1.54, 1.807) is 24.8 Å². The number of benzene rings is 2. The van der Waals surface area contributed by atoms with Crippen LogP contribution in [-0.2, 0) is 26.7 Å². The van der Waals surface area contributed by atoms with E-state index in [0.29, 0.717) is 0 Å². The number of aliphatic carboxylic acids is 2. The zero-order valence-electron chi connectivity index (χ0n) is 20.0. The van der Waals surface area contributed by atoms with Gasteiger partial charge in [-0.2, -0.15) is 0 Å². The molecule has 6 aromatic rings. The molecule has 0 amide bonds. The molecule has 0 aliphatic carbocycles. The Kier molecular flexibility index (Phi) is 11.0. The normalized spacial score (nSPS) is 9.57. The van der Waals surface area contributed by atoms with Gasteiger partial charge in [-0.25, -0.2) is 0 Å². The predicted molar refractivity (Wildman–Crippen MR) is 135 cm³/mol. The number of pyridine rings is 4. The number of carbonyl (C=O) groups is 2. The van der Waals surface area contributed by atoms with Gasteiger partial charge in [0.15, 0.2) is 0 Å². The van der Waals surface area contributed by atoms with Crippen LogP contribution in [0.4, 0.5) is 0 Å². The second kappa shape index (κ2) is 14.2. The molecule has 0 atom stereocenters. The average Bonchev–Trinajstić information content (AvgIpc) is 2.88. The number of aromatic nitrogens is 4. The zero-order chi connectivity index (χ0) is 25.9. The number of carbonyl (C=O) groups excluding carboxylic acids is 2. The summed E-state index contributed by atoms with van der Waals surface area (Å²) >= 11 is 0. The fourth-order valence-corrected chi connectivity index (χ4v) is 3.36. The molecule has 0 bridgehead atoms. The van der Waals surface area contributed by atoms with Crippen LogP contribution >= 0.6 is 0 Å². The number of fused-ring (bicyclic) bond motifs is 6. The molecule has 0 unspecified atom stereocenters. The van der Waals surface area contributed by atoms with Gasteiger partial charge in [-0.3, -0.25) is 19.9 Å².